The Bertz CT molecular complexity index is 367. The highest BCUT2D eigenvalue weighted by Crippen LogP contribution is 2.11. The Morgan fingerprint density at radius 2 is 1.95 bits per heavy atom. The van der Waals surface area contributed by atoms with Crippen LogP contribution in [0.4, 0.5) is 4.39 Å². The van der Waals surface area contributed by atoms with E-state index in [4.69, 9.17) is 9.47 Å². The van der Waals surface area contributed by atoms with Crippen LogP contribution in [0.5, 0.6) is 5.75 Å². The molecule has 0 saturated carbocycles. The second kappa shape index (κ2) is 9.33. The fourth-order valence-corrected chi connectivity index (χ4v) is 1.49. The average molecular weight is 269 g/mol. The summed E-state index contributed by atoms with van der Waals surface area (Å²) < 4.78 is 22.9. The Labute approximate surface area is 112 Å². The van der Waals surface area contributed by atoms with E-state index in [1.807, 2.05) is 0 Å². The van der Waals surface area contributed by atoms with Crippen LogP contribution in [-0.2, 0) is 9.53 Å². The van der Waals surface area contributed by atoms with Crippen LogP contribution < -0.4 is 10.1 Å². The highest BCUT2D eigenvalue weighted by atomic mass is 19.1. The van der Waals surface area contributed by atoms with Crippen molar-refractivity contribution >= 4 is 5.91 Å². The molecule has 1 aromatic rings. The van der Waals surface area contributed by atoms with Gasteiger partial charge in [-0.3, -0.25) is 4.79 Å². The first-order chi connectivity index (χ1) is 9.22. The molecule has 0 bridgehead atoms. The number of carbonyl (C=O) groups excluding carboxylic acids is 1. The molecule has 0 aliphatic carbocycles. The molecule has 0 heterocycles. The summed E-state index contributed by atoms with van der Waals surface area (Å²) in [6.45, 7) is 1.72. The van der Waals surface area contributed by atoms with E-state index in [0.717, 1.165) is 6.42 Å². The monoisotopic (exact) mass is 269 g/mol. The molecule has 5 heteroatoms. The van der Waals surface area contributed by atoms with Crippen LogP contribution in [-0.4, -0.2) is 32.8 Å². The molecule has 0 unspecified atom stereocenters. The standard InChI is InChI=1S/C14H20FNO3/c1-18-10-3-9-16-14(17)4-2-11-19-13-7-5-12(15)6-8-13/h5-8H,2-4,9-11H2,1H3,(H,16,17). The molecule has 1 aromatic carbocycles. The third-order valence-corrected chi connectivity index (χ3v) is 2.48. The van der Waals surface area contributed by atoms with Crippen molar-refractivity contribution in [2.45, 2.75) is 19.3 Å². The van der Waals surface area contributed by atoms with E-state index in [1.165, 1.54) is 12.1 Å². The number of nitrogens with one attached hydrogen (secondary N) is 1. The smallest absolute Gasteiger partial charge is 0.220 e. The summed E-state index contributed by atoms with van der Waals surface area (Å²) in [6, 6.07) is 5.83. The normalized spacial score (nSPS) is 10.2. The molecule has 0 radical (unpaired) electrons. The van der Waals surface area contributed by atoms with Crippen molar-refractivity contribution in [2.75, 3.05) is 26.9 Å². The van der Waals surface area contributed by atoms with Crippen LogP contribution in [0, 0.1) is 5.82 Å². The number of carbonyl (C=O) groups is 1. The van der Waals surface area contributed by atoms with Crippen LogP contribution in [0.15, 0.2) is 24.3 Å². The number of ether oxygens (including phenoxy) is 2. The van der Waals surface area contributed by atoms with Gasteiger partial charge in [-0.2, -0.15) is 0 Å². The lowest BCUT2D eigenvalue weighted by atomic mass is 10.3. The largest absolute Gasteiger partial charge is 0.494 e. The number of methoxy groups -OCH3 is 1. The molecule has 0 atom stereocenters. The highest BCUT2D eigenvalue weighted by Gasteiger charge is 2.01. The second-order valence-electron chi connectivity index (χ2n) is 4.10. The van der Waals surface area contributed by atoms with Gasteiger partial charge in [0, 0.05) is 26.7 Å². The summed E-state index contributed by atoms with van der Waals surface area (Å²) in [5.74, 6) is 0.337. The third-order valence-electron chi connectivity index (χ3n) is 2.48. The van der Waals surface area contributed by atoms with Crippen molar-refractivity contribution in [1.29, 1.82) is 0 Å². The first kappa shape index (κ1) is 15.4. The maximum Gasteiger partial charge on any atom is 0.220 e. The lowest BCUT2D eigenvalue weighted by molar-refractivity contribution is -0.121. The van der Waals surface area contributed by atoms with E-state index in [-0.39, 0.29) is 11.7 Å². The van der Waals surface area contributed by atoms with Crippen molar-refractivity contribution in [3.8, 4) is 5.75 Å². The van der Waals surface area contributed by atoms with Gasteiger partial charge in [-0.05, 0) is 37.1 Å². The van der Waals surface area contributed by atoms with Crippen molar-refractivity contribution < 1.29 is 18.7 Å². The van der Waals surface area contributed by atoms with E-state index >= 15 is 0 Å². The van der Waals surface area contributed by atoms with Gasteiger partial charge in [0.05, 0.1) is 6.61 Å². The Morgan fingerprint density at radius 1 is 1.21 bits per heavy atom. The van der Waals surface area contributed by atoms with Crippen LogP contribution in [0.3, 0.4) is 0 Å². The number of benzene rings is 1. The van der Waals surface area contributed by atoms with Gasteiger partial charge in [0.15, 0.2) is 0 Å². The predicted octanol–water partition coefficient (Wildman–Crippen LogP) is 2.14. The van der Waals surface area contributed by atoms with Gasteiger partial charge in [0.1, 0.15) is 11.6 Å². The molecule has 0 fully saturated rings. The van der Waals surface area contributed by atoms with Crippen LogP contribution >= 0.6 is 0 Å². The van der Waals surface area contributed by atoms with Gasteiger partial charge in [-0.1, -0.05) is 0 Å². The summed E-state index contributed by atoms with van der Waals surface area (Å²) in [5, 5.41) is 2.80. The summed E-state index contributed by atoms with van der Waals surface area (Å²) in [7, 11) is 1.63. The lowest BCUT2D eigenvalue weighted by Gasteiger charge is -2.07. The molecule has 1 amide bonds. The van der Waals surface area contributed by atoms with Crippen LogP contribution in [0.25, 0.3) is 0 Å². The molecule has 4 nitrogen and oxygen atoms in total. The molecule has 0 aliphatic rings. The van der Waals surface area contributed by atoms with Gasteiger partial charge in [-0.15, -0.1) is 0 Å². The zero-order valence-electron chi connectivity index (χ0n) is 11.2. The van der Waals surface area contributed by atoms with Gasteiger partial charge < -0.3 is 14.8 Å². The van der Waals surface area contributed by atoms with Gasteiger partial charge >= 0.3 is 0 Å². The molecule has 0 aromatic heterocycles. The second-order valence-corrected chi connectivity index (χ2v) is 4.10. The average Bonchev–Trinajstić information content (AvgIpc) is 2.42. The zero-order valence-corrected chi connectivity index (χ0v) is 11.2. The Morgan fingerprint density at radius 3 is 2.63 bits per heavy atom. The maximum absolute atomic E-state index is 12.6. The van der Waals surface area contributed by atoms with Crippen LogP contribution in [0.2, 0.25) is 0 Å². The van der Waals surface area contributed by atoms with Crippen LogP contribution in [0.1, 0.15) is 19.3 Å². The number of amides is 1. The SMILES string of the molecule is COCCCNC(=O)CCCOc1ccc(F)cc1. The van der Waals surface area contributed by atoms with Crippen molar-refractivity contribution in [2.24, 2.45) is 0 Å². The molecule has 0 spiro atoms. The number of rotatable bonds is 9. The topological polar surface area (TPSA) is 47.6 Å². The molecule has 19 heavy (non-hydrogen) atoms. The number of hydrogen-bond acceptors (Lipinski definition) is 3. The lowest BCUT2D eigenvalue weighted by Crippen LogP contribution is -2.25. The van der Waals surface area contributed by atoms with Gasteiger partial charge in [0.25, 0.3) is 0 Å². The molecule has 0 saturated heterocycles. The maximum atomic E-state index is 12.6. The summed E-state index contributed by atoms with van der Waals surface area (Å²) >= 11 is 0. The fraction of sp³-hybridized carbons (Fsp3) is 0.500. The molecular formula is C14H20FNO3. The Kier molecular flexibility index (Phi) is 7.58. The third kappa shape index (κ3) is 7.41. The van der Waals surface area contributed by atoms with E-state index in [0.29, 0.717) is 38.3 Å². The summed E-state index contributed by atoms with van der Waals surface area (Å²) in [6.07, 6.45) is 1.87. The van der Waals surface area contributed by atoms with E-state index in [2.05, 4.69) is 5.32 Å². The van der Waals surface area contributed by atoms with Crippen molar-refractivity contribution in [3.63, 3.8) is 0 Å². The first-order valence-electron chi connectivity index (χ1n) is 6.36. The molecule has 0 aliphatic heterocycles. The Balaban J connectivity index is 2.03. The quantitative estimate of drug-likeness (QED) is 0.699. The minimum absolute atomic E-state index is 0.0128. The molecule has 106 valence electrons. The zero-order chi connectivity index (χ0) is 13.9. The minimum atomic E-state index is -0.289. The number of hydrogen-bond donors (Lipinski definition) is 1. The molecule has 1 rings (SSSR count). The minimum Gasteiger partial charge on any atom is -0.494 e. The van der Waals surface area contributed by atoms with Gasteiger partial charge in [-0.25, -0.2) is 4.39 Å². The molecule has 1 N–H and O–H groups in total. The summed E-state index contributed by atoms with van der Waals surface area (Å²) in [5.41, 5.74) is 0. The Hall–Kier alpha value is -1.62. The van der Waals surface area contributed by atoms with E-state index < -0.39 is 0 Å². The van der Waals surface area contributed by atoms with Crippen molar-refractivity contribution in [1.82, 2.24) is 5.32 Å². The van der Waals surface area contributed by atoms with Gasteiger partial charge in [0.2, 0.25) is 5.91 Å². The van der Waals surface area contributed by atoms with Crippen molar-refractivity contribution in [3.05, 3.63) is 30.1 Å². The first-order valence-corrected chi connectivity index (χ1v) is 6.36. The van der Waals surface area contributed by atoms with E-state index in [1.54, 1.807) is 19.2 Å². The highest BCUT2D eigenvalue weighted by molar-refractivity contribution is 5.75. The van der Waals surface area contributed by atoms with E-state index in [9.17, 15) is 9.18 Å². The molecular weight excluding hydrogens is 249 g/mol. The number of halogens is 1. The fourth-order valence-electron chi connectivity index (χ4n) is 1.49. The predicted molar refractivity (Wildman–Crippen MR) is 70.6 cm³/mol. The summed E-state index contributed by atoms with van der Waals surface area (Å²) in [4.78, 5) is 11.4.